The van der Waals surface area contributed by atoms with Crippen LogP contribution in [0.4, 0.5) is 0 Å². The first-order valence-corrected chi connectivity index (χ1v) is 6.19. The van der Waals surface area contributed by atoms with Crippen molar-refractivity contribution in [2.75, 3.05) is 33.7 Å². The third kappa shape index (κ3) is 2.74. The van der Waals surface area contributed by atoms with Crippen molar-refractivity contribution in [3.63, 3.8) is 0 Å². The third-order valence-electron chi connectivity index (χ3n) is 4.02. The highest BCUT2D eigenvalue weighted by molar-refractivity contribution is 5.74. The first-order chi connectivity index (χ1) is 7.58. The smallest absolute Gasteiger partial charge is 0.308 e. The van der Waals surface area contributed by atoms with Crippen LogP contribution in [0.5, 0.6) is 0 Å². The van der Waals surface area contributed by atoms with Gasteiger partial charge in [-0.15, -0.1) is 0 Å². The van der Waals surface area contributed by atoms with Gasteiger partial charge < -0.3 is 14.9 Å². The van der Waals surface area contributed by atoms with Gasteiger partial charge in [-0.05, 0) is 52.4 Å². The molecule has 1 saturated carbocycles. The third-order valence-corrected chi connectivity index (χ3v) is 4.02. The molecule has 92 valence electrons. The zero-order chi connectivity index (χ0) is 11.7. The van der Waals surface area contributed by atoms with Crippen molar-refractivity contribution in [3.8, 4) is 0 Å². The number of carbonyl (C=O) groups is 1. The summed E-state index contributed by atoms with van der Waals surface area (Å²) in [4.78, 5) is 15.4. The highest BCUT2D eigenvalue weighted by Gasteiger charge is 2.46. The summed E-state index contributed by atoms with van der Waals surface area (Å²) in [5.41, 5.74) is 0. The fourth-order valence-electron chi connectivity index (χ4n) is 2.72. The van der Waals surface area contributed by atoms with E-state index in [1.165, 1.54) is 25.9 Å². The van der Waals surface area contributed by atoms with Crippen molar-refractivity contribution in [3.05, 3.63) is 0 Å². The molecule has 0 bridgehead atoms. The van der Waals surface area contributed by atoms with Gasteiger partial charge in [-0.1, -0.05) is 0 Å². The number of hydrogen-bond donors (Lipinski definition) is 1. The average molecular weight is 226 g/mol. The molecule has 0 aromatic rings. The summed E-state index contributed by atoms with van der Waals surface area (Å²) in [5, 5.41) is 8.88. The summed E-state index contributed by atoms with van der Waals surface area (Å²) in [6.07, 6.45) is 3.36. The summed E-state index contributed by atoms with van der Waals surface area (Å²) in [5.74, 6) is 0.0349. The quantitative estimate of drug-likeness (QED) is 0.767. The van der Waals surface area contributed by atoms with Crippen LogP contribution in [0.1, 0.15) is 19.3 Å². The van der Waals surface area contributed by atoms with E-state index < -0.39 is 5.97 Å². The first kappa shape index (κ1) is 11.9. The lowest BCUT2D eigenvalue weighted by atomic mass is 9.96. The summed E-state index contributed by atoms with van der Waals surface area (Å²) in [6.45, 7) is 3.44. The lowest BCUT2D eigenvalue weighted by Crippen LogP contribution is -2.37. The van der Waals surface area contributed by atoms with Crippen LogP contribution in [0.3, 0.4) is 0 Å². The fourth-order valence-corrected chi connectivity index (χ4v) is 2.72. The maximum Gasteiger partial charge on any atom is 0.308 e. The molecule has 1 aliphatic carbocycles. The Morgan fingerprint density at radius 2 is 2.06 bits per heavy atom. The molecule has 2 atom stereocenters. The number of piperidine rings is 1. The van der Waals surface area contributed by atoms with Gasteiger partial charge in [0, 0.05) is 12.6 Å². The Morgan fingerprint density at radius 3 is 2.56 bits per heavy atom. The normalized spacial score (nSPS) is 31.9. The molecule has 1 heterocycles. The summed E-state index contributed by atoms with van der Waals surface area (Å²) in [7, 11) is 4.24. The van der Waals surface area contributed by atoms with E-state index in [0.29, 0.717) is 6.04 Å². The van der Waals surface area contributed by atoms with Crippen LogP contribution in [0.25, 0.3) is 0 Å². The molecule has 0 aromatic carbocycles. The van der Waals surface area contributed by atoms with E-state index in [9.17, 15) is 4.79 Å². The van der Waals surface area contributed by atoms with Crippen LogP contribution in [0, 0.1) is 11.8 Å². The van der Waals surface area contributed by atoms with E-state index in [2.05, 4.69) is 23.9 Å². The zero-order valence-corrected chi connectivity index (χ0v) is 10.2. The van der Waals surface area contributed by atoms with Crippen LogP contribution < -0.4 is 0 Å². The van der Waals surface area contributed by atoms with Crippen LogP contribution in [-0.4, -0.2) is 60.6 Å². The second-order valence-corrected chi connectivity index (χ2v) is 5.43. The summed E-state index contributed by atoms with van der Waals surface area (Å²) in [6, 6.07) is 0.303. The molecule has 1 aliphatic heterocycles. The van der Waals surface area contributed by atoms with Gasteiger partial charge in [-0.3, -0.25) is 4.79 Å². The molecule has 16 heavy (non-hydrogen) atoms. The molecule has 2 fully saturated rings. The van der Waals surface area contributed by atoms with Crippen LogP contribution in [0.15, 0.2) is 0 Å². The van der Waals surface area contributed by atoms with Crippen LogP contribution in [-0.2, 0) is 4.79 Å². The van der Waals surface area contributed by atoms with Crippen LogP contribution in [0.2, 0.25) is 0 Å². The standard InChI is InChI=1S/C12H22N2O2/c1-13-5-3-9(4-6-13)8-14(2)11-7-10(11)12(15)16/h9-11H,3-8H2,1-2H3,(H,15,16). The number of nitrogens with zero attached hydrogens (tertiary/aromatic N) is 2. The molecule has 1 saturated heterocycles. The van der Waals surface area contributed by atoms with E-state index in [4.69, 9.17) is 5.11 Å². The maximum atomic E-state index is 10.8. The van der Waals surface area contributed by atoms with Gasteiger partial charge in [0.05, 0.1) is 5.92 Å². The maximum absolute atomic E-state index is 10.8. The topological polar surface area (TPSA) is 43.8 Å². The molecule has 2 aliphatic rings. The Bertz CT molecular complexity index is 262. The lowest BCUT2D eigenvalue weighted by molar-refractivity contribution is -0.139. The van der Waals surface area contributed by atoms with Gasteiger partial charge >= 0.3 is 5.97 Å². The Morgan fingerprint density at radius 1 is 1.44 bits per heavy atom. The Hall–Kier alpha value is -0.610. The summed E-state index contributed by atoms with van der Waals surface area (Å²) < 4.78 is 0. The predicted molar refractivity (Wildman–Crippen MR) is 62.4 cm³/mol. The highest BCUT2D eigenvalue weighted by Crippen LogP contribution is 2.36. The molecule has 0 amide bonds. The lowest BCUT2D eigenvalue weighted by Gasteiger charge is -2.31. The number of carboxylic acids is 1. The van der Waals surface area contributed by atoms with E-state index in [1.54, 1.807) is 0 Å². The number of likely N-dealkylation sites (tertiary alicyclic amines) is 1. The molecule has 4 nitrogen and oxygen atoms in total. The second kappa shape index (κ2) is 4.72. The second-order valence-electron chi connectivity index (χ2n) is 5.43. The highest BCUT2D eigenvalue weighted by atomic mass is 16.4. The first-order valence-electron chi connectivity index (χ1n) is 6.19. The fraction of sp³-hybridized carbons (Fsp3) is 0.917. The minimum Gasteiger partial charge on any atom is -0.481 e. The number of hydrogen-bond acceptors (Lipinski definition) is 3. The number of carboxylic acid groups (broad SMARTS) is 1. The molecule has 1 N–H and O–H groups in total. The number of rotatable bonds is 4. The van der Waals surface area contributed by atoms with E-state index in [-0.39, 0.29) is 5.92 Å². The monoisotopic (exact) mass is 226 g/mol. The van der Waals surface area contributed by atoms with E-state index in [1.807, 2.05) is 0 Å². The van der Waals surface area contributed by atoms with Gasteiger partial charge in [0.25, 0.3) is 0 Å². The molecule has 2 unspecified atom stereocenters. The molecule has 2 rings (SSSR count). The van der Waals surface area contributed by atoms with Crippen molar-refractivity contribution in [2.45, 2.75) is 25.3 Å². The van der Waals surface area contributed by atoms with E-state index in [0.717, 1.165) is 18.9 Å². The molecule has 0 aromatic heterocycles. The average Bonchev–Trinajstić information content (AvgIpc) is 3.01. The van der Waals surface area contributed by atoms with Crippen molar-refractivity contribution < 1.29 is 9.90 Å². The van der Waals surface area contributed by atoms with Gasteiger partial charge in [0.15, 0.2) is 0 Å². The van der Waals surface area contributed by atoms with Gasteiger partial charge in [0.2, 0.25) is 0 Å². The minimum atomic E-state index is -0.625. The molecular formula is C12H22N2O2. The largest absolute Gasteiger partial charge is 0.481 e. The molecule has 0 spiro atoms. The molecule has 4 heteroatoms. The molecule has 0 radical (unpaired) electrons. The molecular weight excluding hydrogens is 204 g/mol. The van der Waals surface area contributed by atoms with Crippen molar-refractivity contribution >= 4 is 5.97 Å². The number of aliphatic carboxylic acids is 1. The van der Waals surface area contributed by atoms with Crippen molar-refractivity contribution in [1.82, 2.24) is 9.80 Å². The van der Waals surface area contributed by atoms with Gasteiger partial charge in [-0.2, -0.15) is 0 Å². The van der Waals surface area contributed by atoms with Crippen molar-refractivity contribution in [1.29, 1.82) is 0 Å². The van der Waals surface area contributed by atoms with E-state index >= 15 is 0 Å². The Balaban J connectivity index is 1.72. The zero-order valence-electron chi connectivity index (χ0n) is 10.2. The predicted octanol–water partition coefficient (Wildman–Crippen LogP) is 0.733. The minimum absolute atomic E-state index is 0.101. The van der Waals surface area contributed by atoms with Crippen molar-refractivity contribution in [2.24, 2.45) is 11.8 Å². The SMILES string of the molecule is CN1CCC(CN(C)C2CC2C(=O)O)CC1. The van der Waals surface area contributed by atoms with Crippen LogP contribution >= 0.6 is 0 Å². The van der Waals surface area contributed by atoms with Gasteiger partial charge in [-0.25, -0.2) is 0 Å². The van der Waals surface area contributed by atoms with Gasteiger partial charge in [0.1, 0.15) is 0 Å². The Labute approximate surface area is 97.2 Å². The Kier molecular flexibility index (Phi) is 3.50. The summed E-state index contributed by atoms with van der Waals surface area (Å²) >= 11 is 0.